The SMILES string of the molecule is COc1ccccc1C(C)=CC(=O)N1CCC(O)(c2cn[nH]n2)C1. The van der Waals surface area contributed by atoms with Crippen molar-refractivity contribution < 1.29 is 14.6 Å². The Bertz CT molecular complexity index is 757. The number of methoxy groups -OCH3 is 1. The summed E-state index contributed by atoms with van der Waals surface area (Å²) in [7, 11) is 1.60. The molecule has 1 aliphatic heterocycles. The number of ether oxygens (including phenoxy) is 1. The third-order valence-electron chi connectivity index (χ3n) is 4.32. The van der Waals surface area contributed by atoms with Crippen LogP contribution >= 0.6 is 0 Å². The first-order valence-corrected chi connectivity index (χ1v) is 7.73. The molecule has 1 aliphatic rings. The van der Waals surface area contributed by atoms with E-state index < -0.39 is 5.60 Å². The largest absolute Gasteiger partial charge is 0.496 e. The Kier molecular flexibility index (Phi) is 4.35. The van der Waals surface area contributed by atoms with Crippen molar-refractivity contribution in [3.05, 3.63) is 47.8 Å². The molecule has 7 heteroatoms. The number of carbonyl (C=O) groups is 1. The molecule has 0 radical (unpaired) electrons. The van der Waals surface area contributed by atoms with Gasteiger partial charge in [0, 0.05) is 24.6 Å². The number of nitrogens with one attached hydrogen (secondary N) is 1. The molecule has 0 aliphatic carbocycles. The Morgan fingerprint density at radius 1 is 1.46 bits per heavy atom. The Balaban J connectivity index is 1.76. The fraction of sp³-hybridized carbons (Fsp3) is 0.353. The molecule has 3 rings (SSSR count). The van der Waals surface area contributed by atoms with E-state index in [2.05, 4.69) is 15.4 Å². The van der Waals surface area contributed by atoms with Crippen LogP contribution in [0.1, 0.15) is 24.6 Å². The van der Waals surface area contributed by atoms with Crippen molar-refractivity contribution >= 4 is 11.5 Å². The molecule has 2 heterocycles. The lowest BCUT2D eigenvalue weighted by Crippen LogP contribution is -2.34. The number of aromatic amines is 1. The number of allylic oxidation sites excluding steroid dienone is 1. The van der Waals surface area contributed by atoms with E-state index in [1.807, 2.05) is 31.2 Å². The zero-order valence-corrected chi connectivity index (χ0v) is 13.7. The number of aliphatic hydroxyl groups is 1. The number of aromatic nitrogens is 3. The van der Waals surface area contributed by atoms with Crippen molar-refractivity contribution in [3.8, 4) is 5.75 Å². The standard InChI is InChI=1S/C17H20N4O3/c1-12(13-5-3-4-6-14(13)24-2)9-16(22)21-8-7-17(23,11-21)15-10-18-20-19-15/h3-6,9-10,23H,7-8,11H2,1-2H3,(H,18,19,20). The highest BCUT2D eigenvalue weighted by atomic mass is 16.5. The minimum absolute atomic E-state index is 0.141. The molecule has 0 spiro atoms. The fourth-order valence-corrected chi connectivity index (χ4v) is 2.94. The van der Waals surface area contributed by atoms with Crippen molar-refractivity contribution in [2.45, 2.75) is 18.9 Å². The lowest BCUT2D eigenvalue weighted by atomic mass is 10.00. The van der Waals surface area contributed by atoms with E-state index in [9.17, 15) is 9.90 Å². The summed E-state index contributed by atoms with van der Waals surface area (Å²) in [4.78, 5) is 14.2. The van der Waals surface area contributed by atoms with Crippen molar-refractivity contribution in [3.63, 3.8) is 0 Å². The Labute approximate surface area is 139 Å². The van der Waals surface area contributed by atoms with Crippen LogP contribution in [0, 0.1) is 0 Å². The minimum Gasteiger partial charge on any atom is -0.496 e. The molecule has 1 atom stereocenters. The molecule has 0 bridgehead atoms. The average Bonchev–Trinajstić information content (AvgIpc) is 3.25. The maximum Gasteiger partial charge on any atom is 0.246 e. The molecule has 1 saturated heterocycles. The molecule has 1 amide bonds. The van der Waals surface area contributed by atoms with Crippen LogP contribution in [-0.4, -0.2) is 51.5 Å². The van der Waals surface area contributed by atoms with Crippen LogP contribution in [0.2, 0.25) is 0 Å². The molecule has 1 aromatic carbocycles. The van der Waals surface area contributed by atoms with Gasteiger partial charge in [-0.15, -0.1) is 0 Å². The van der Waals surface area contributed by atoms with E-state index in [4.69, 9.17) is 4.74 Å². The molecule has 24 heavy (non-hydrogen) atoms. The van der Waals surface area contributed by atoms with E-state index in [1.165, 1.54) is 6.20 Å². The second kappa shape index (κ2) is 6.45. The summed E-state index contributed by atoms with van der Waals surface area (Å²) in [5, 5.41) is 20.8. The monoisotopic (exact) mass is 328 g/mol. The predicted octanol–water partition coefficient (Wildman–Crippen LogP) is 1.34. The van der Waals surface area contributed by atoms with Gasteiger partial charge in [0.25, 0.3) is 0 Å². The van der Waals surface area contributed by atoms with Gasteiger partial charge in [0.15, 0.2) is 0 Å². The van der Waals surface area contributed by atoms with Crippen molar-refractivity contribution in [1.82, 2.24) is 20.3 Å². The molecule has 2 N–H and O–H groups in total. The molecule has 126 valence electrons. The number of H-pyrrole nitrogens is 1. The molecular weight excluding hydrogens is 308 g/mol. The topological polar surface area (TPSA) is 91.3 Å². The highest BCUT2D eigenvalue weighted by Gasteiger charge is 2.41. The Hall–Kier alpha value is -2.67. The normalized spacial score (nSPS) is 21.1. The third kappa shape index (κ3) is 3.03. The number of para-hydroxylation sites is 1. The maximum absolute atomic E-state index is 12.5. The van der Waals surface area contributed by atoms with Gasteiger partial charge in [-0.2, -0.15) is 15.4 Å². The number of carbonyl (C=O) groups excluding carboxylic acids is 1. The molecule has 1 fully saturated rings. The lowest BCUT2D eigenvalue weighted by molar-refractivity contribution is -0.126. The van der Waals surface area contributed by atoms with E-state index in [0.717, 1.165) is 16.9 Å². The van der Waals surface area contributed by atoms with Gasteiger partial charge in [-0.3, -0.25) is 4.79 Å². The summed E-state index contributed by atoms with van der Waals surface area (Å²) in [5.74, 6) is 0.581. The molecular formula is C17H20N4O3. The van der Waals surface area contributed by atoms with Crippen LogP contribution in [0.3, 0.4) is 0 Å². The summed E-state index contributed by atoms with van der Waals surface area (Å²) in [6, 6.07) is 7.55. The van der Waals surface area contributed by atoms with Gasteiger partial charge in [0.2, 0.25) is 5.91 Å². The minimum atomic E-state index is -1.14. The number of amides is 1. The molecule has 2 aromatic rings. The Morgan fingerprint density at radius 2 is 2.25 bits per heavy atom. The first kappa shape index (κ1) is 16.2. The van der Waals surface area contributed by atoms with E-state index in [1.54, 1.807) is 18.1 Å². The number of benzene rings is 1. The summed E-state index contributed by atoms with van der Waals surface area (Å²) in [6.07, 6.45) is 3.50. The van der Waals surface area contributed by atoms with E-state index in [-0.39, 0.29) is 12.5 Å². The molecule has 1 unspecified atom stereocenters. The van der Waals surface area contributed by atoms with Gasteiger partial charge in [0.1, 0.15) is 17.0 Å². The summed E-state index contributed by atoms with van der Waals surface area (Å²) >= 11 is 0. The van der Waals surface area contributed by atoms with Crippen molar-refractivity contribution in [2.24, 2.45) is 0 Å². The second-order valence-electron chi connectivity index (χ2n) is 5.92. The fourth-order valence-electron chi connectivity index (χ4n) is 2.94. The van der Waals surface area contributed by atoms with Crippen LogP contribution in [0.25, 0.3) is 5.57 Å². The number of likely N-dealkylation sites (tertiary alicyclic amines) is 1. The van der Waals surface area contributed by atoms with Crippen LogP contribution in [-0.2, 0) is 10.4 Å². The first-order valence-electron chi connectivity index (χ1n) is 7.73. The van der Waals surface area contributed by atoms with Crippen molar-refractivity contribution in [1.29, 1.82) is 0 Å². The third-order valence-corrected chi connectivity index (χ3v) is 4.32. The summed E-state index contributed by atoms with van der Waals surface area (Å²) in [6.45, 7) is 2.54. The van der Waals surface area contributed by atoms with Crippen LogP contribution in [0.15, 0.2) is 36.5 Å². The second-order valence-corrected chi connectivity index (χ2v) is 5.92. The summed E-state index contributed by atoms with van der Waals surface area (Å²) < 4.78 is 5.33. The maximum atomic E-state index is 12.5. The number of nitrogens with zero attached hydrogens (tertiary/aromatic N) is 3. The van der Waals surface area contributed by atoms with Crippen LogP contribution in [0.4, 0.5) is 0 Å². The van der Waals surface area contributed by atoms with Crippen LogP contribution < -0.4 is 4.74 Å². The average molecular weight is 328 g/mol. The predicted molar refractivity (Wildman–Crippen MR) is 88.1 cm³/mol. The Morgan fingerprint density at radius 3 is 2.96 bits per heavy atom. The zero-order valence-electron chi connectivity index (χ0n) is 13.7. The first-order chi connectivity index (χ1) is 11.5. The highest BCUT2D eigenvalue weighted by Crippen LogP contribution is 2.31. The van der Waals surface area contributed by atoms with Gasteiger partial charge < -0.3 is 14.7 Å². The zero-order chi connectivity index (χ0) is 17.2. The van der Waals surface area contributed by atoms with Crippen molar-refractivity contribution in [2.75, 3.05) is 20.2 Å². The molecule has 0 saturated carbocycles. The number of hydrogen-bond donors (Lipinski definition) is 2. The highest BCUT2D eigenvalue weighted by molar-refractivity contribution is 5.95. The lowest BCUT2D eigenvalue weighted by Gasteiger charge is -2.20. The van der Waals surface area contributed by atoms with E-state index in [0.29, 0.717) is 18.7 Å². The van der Waals surface area contributed by atoms with Gasteiger partial charge in [-0.05, 0) is 18.6 Å². The van der Waals surface area contributed by atoms with Gasteiger partial charge in [0.05, 0.1) is 19.9 Å². The van der Waals surface area contributed by atoms with Gasteiger partial charge in [-0.1, -0.05) is 18.2 Å². The number of β-amino-alcohol motifs (C(OH)–C–C–N with tert-alkyl or cyclic N) is 1. The van der Waals surface area contributed by atoms with Gasteiger partial charge >= 0.3 is 0 Å². The quantitative estimate of drug-likeness (QED) is 0.827. The number of hydrogen-bond acceptors (Lipinski definition) is 5. The summed E-state index contributed by atoms with van der Waals surface area (Å²) in [5.41, 5.74) is 1.01. The number of rotatable bonds is 4. The molecule has 7 nitrogen and oxygen atoms in total. The van der Waals surface area contributed by atoms with Crippen LogP contribution in [0.5, 0.6) is 5.75 Å². The van der Waals surface area contributed by atoms with E-state index >= 15 is 0 Å². The molecule has 1 aromatic heterocycles. The smallest absolute Gasteiger partial charge is 0.246 e. The van der Waals surface area contributed by atoms with Gasteiger partial charge in [-0.25, -0.2) is 0 Å².